The molecule has 0 radical (unpaired) electrons. The lowest BCUT2D eigenvalue weighted by atomic mass is 9.92. The van der Waals surface area contributed by atoms with Crippen LogP contribution in [0.4, 0.5) is 0 Å². The normalized spacial score (nSPS) is 36.8. The molecule has 3 nitrogen and oxygen atoms in total. The molecule has 1 N–H and O–H groups in total. The first-order valence-electron chi connectivity index (χ1n) is 7.04. The number of ketones is 1. The van der Waals surface area contributed by atoms with E-state index in [4.69, 9.17) is 0 Å². The first kappa shape index (κ1) is 13.0. The summed E-state index contributed by atoms with van der Waals surface area (Å²) in [5.41, 5.74) is -0.550. The van der Waals surface area contributed by atoms with Crippen molar-refractivity contribution in [3.05, 3.63) is 0 Å². The topological polar surface area (TPSA) is 40.5 Å². The van der Waals surface area contributed by atoms with Crippen LogP contribution >= 0.6 is 0 Å². The van der Waals surface area contributed by atoms with Crippen molar-refractivity contribution in [2.75, 3.05) is 19.6 Å². The predicted octanol–water partition coefficient (Wildman–Crippen LogP) is 1.98. The van der Waals surface area contributed by atoms with E-state index in [-0.39, 0.29) is 5.92 Å². The van der Waals surface area contributed by atoms with Gasteiger partial charge in [-0.15, -0.1) is 0 Å². The fourth-order valence-corrected chi connectivity index (χ4v) is 3.22. The smallest absolute Gasteiger partial charge is 0.137 e. The van der Waals surface area contributed by atoms with Crippen LogP contribution in [0, 0.1) is 5.92 Å². The Morgan fingerprint density at radius 2 is 2.18 bits per heavy atom. The van der Waals surface area contributed by atoms with E-state index in [1.165, 1.54) is 12.8 Å². The number of nitrogens with zero attached hydrogens (tertiary/aromatic N) is 1. The maximum Gasteiger partial charge on any atom is 0.137 e. The number of rotatable bonds is 2. The first-order valence-corrected chi connectivity index (χ1v) is 7.04. The highest BCUT2D eigenvalue weighted by atomic mass is 16.3. The van der Waals surface area contributed by atoms with Crippen molar-refractivity contribution in [3.8, 4) is 0 Å². The van der Waals surface area contributed by atoms with Gasteiger partial charge in [0.15, 0.2) is 0 Å². The van der Waals surface area contributed by atoms with Crippen molar-refractivity contribution in [1.82, 2.24) is 4.90 Å². The Hall–Kier alpha value is -0.410. The zero-order valence-corrected chi connectivity index (χ0v) is 11.0. The van der Waals surface area contributed by atoms with E-state index in [2.05, 4.69) is 4.90 Å². The van der Waals surface area contributed by atoms with Crippen LogP contribution in [0.1, 0.15) is 51.9 Å². The molecule has 1 saturated carbocycles. The molecule has 17 heavy (non-hydrogen) atoms. The van der Waals surface area contributed by atoms with Gasteiger partial charge in [-0.25, -0.2) is 0 Å². The lowest BCUT2D eigenvalue weighted by molar-refractivity contribution is -0.124. The number of hydrogen-bond acceptors (Lipinski definition) is 3. The quantitative estimate of drug-likeness (QED) is 0.749. The Labute approximate surface area is 104 Å². The van der Waals surface area contributed by atoms with Crippen molar-refractivity contribution in [1.29, 1.82) is 0 Å². The van der Waals surface area contributed by atoms with Crippen LogP contribution in [0.5, 0.6) is 0 Å². The Kier molecular flexibility index (Phi) is 4.21. The number of Topliss-reactive ketones (excluding diaryl/α,β-unsaturated/α-hetero) is 1. The summed E-state index contributed by atoms with van der Waals surface area (Å²) in [5.74, 6) is 0.680. The van der Waals surface area contributed by atoms with Crippen LogP contribution in [-0.4, -0.2) is 41.0 Å². The van der Waals surface area contributed by atoms with Gasteiger partial charge in [0.2, 0.25) is 0 Å². The molecule has 2 unspecified atom stereocenters. The molecule has 2 fully saturated rings. The summed E-state index contributed by atoms with van der Waals surface area (Å²) in [4.78, 5) is 14.2. The first-order chi connectivity index (χ1) is 8.07. The second-order valence-corrected chi connectivity index (χ2v) is 6.10. The number of aliphatic hydroxyl groups is 1. The van der Waals surface area contributed by atoms with Gasteiger partial charge in [-0.05, 0) is 39.2 Å². The molecule has 1 aliphatic carbocycles. The van der Waals surface area contributed by atoms with E-state index in [0.717, 1.165) is 51.7 Å². The fourth-order valence-electron chi connectivity index (χ4n) is 3.22. The number of carbonyl (C=O) groups is 1. The zero-order chi connectivity index (χ0) is 12.3. The highest BCUT2D eigenvalue weighted by molar-refractivity contribution is 5.81. The maximum atomic E-state index is 12.0. The van der Waals surface area contributed by atoms with Gasteiger partial charge in [0.05, 0.1) is 5.60 Å². The maximum absolute atomic E-state index is 12.0. The van der Waals surface area contributed by atoms with Gasteiger partial charge in [-0.3, -0.25) is 9.69 Å². The van der Waals surface area contributed by atoms with Crippen molar-refractivity contribution < 1.29 is 9.90 Å². The minimum Gasteiger partial charge on any atom is -0.389 e. The Balaban J connectivity index is 1.88. The average Bonchev–Trinajstić information content (AvgIpc) is 2.43. The van der Waals surface area contributed by atoms with Gasteiger partial charge in [0, 0.05) is 25.4 Å². The summed E-state index contributed by atoms with van der Waals surface area (Å²) in [7, 11) is 0. The van der Waals surface area contributed by atoms with Crippen LogP contribution in [-0.2, 0) is 4.79 Å². The summed E-state index contributed by atoms with van der Waals surface area (Å²) >= 11 is 0. The molecule has 3 heteroatoms. The molecule has 0 aromatic heterocycles. The predicted molar refractivity (Wildman–Crippen MR) is 67.9 cm³/mol. The number of hydrogen-bond donors (Lipinski definition) is 1. The van der Waals surface area contributed by atoms with Crippen molar-refractivity contribution in [2.45, 2.75) is 57.5 Å². The third-order valence-corrected chi connectivity index (χ3v) is 4.16. The van der Waals surface area contributed by atoms with E-state index >= 15 is 0 Å². The van der Waals surface area contributed by atoms with Crippen LogP contribution < -0.4 is 0 Å². The number of β-amino-alcohol motifs (C(OH)–C–C–N with tert-alkyl or cyclic N) is 1. The zero-order valence-electron chi connectivity index (χ0n) is 11.0. The van der Waals surface area contributed by atoms with E-state index in [9.17, 15) is 9.90 Å². The molecule has 1 aliphatic heterocycles. The molecule has 0 amide bonds. The fraction of sp³-hybridized carbons (Fsp3) is 0.929. The molecule has 1 heterocycles. The summed E-state index contributed by atoms with van der Waals surface area (Å²) in [6.07, 6.45) is 7.25. The third kappa shape index (κ3) is 3.78. The molecular weight excluding hydrogens is 214 g/mol. The minimum absolute atomic E-state index is 0.228. The van der Waals surface area contributed by atoms with Gasteiger partial charge in [0.1, 0.15) is 5.78 Å². The Morgan fingerprint density at radius 1 is 1.35 bits per heavy atom. The average molecular weight is 239 g/mol. The Bertz CT molecular complexity index is 275. The number of carbonyl (C=O) groups excluding carboxylic acids is 1. The summed E-state index contributed by atoms with van der Waals surface area (Å²) in [6, 6.07) is 0. The molecule has 0 bridgehead atoms. The molecule has 98 valence electrons. The molecule has 0 aromatic carbocycles. The Morgan fingerprint density at radius 3 is 2.94 bits per heavy atom. The molecule has 1 saturated heterocycles. The lowest BCUT2D eigenvalue weighted by Gasteiger charge is -2.38. The molecule has 0 aromatic rings. The molecule has 2 rings (SSSR count). The standard InChI is InChI=1S/C14H25NO2/c1-14(17)8-5-9-15(11-14)10-12-6-3-2-4-7-13(12)16/h12,17H,2-11H2,1H3. The van der Waals surface area contributed by atoms with Gasteiger partial charge in [0.25, 0.3) is 0 Å². The molecular formula is C14H25NO2. The third-order valence-electron chi connectivity index (χ3n) is 4.16. The lowest BCUT2D eigenvalue weighted by Crippen LogP contribution is -2.48. The van der Waals surface area contributed by atoms with Crippen molar-refractivity contribution in [2.24, 2.45) is 5.92 Å². The van der Waals surface area contributed by atoms with Gasteiger partial charge >= 0.3 is 0 Å². The van der Waals surface area contributed by atoms with E-state index in [1.807, 2.05) is 6.92 Å². The summed E-state index contributed by atoms with van der Waals surface area (Å²) in [5, 5.41) is 10.1. The minimum atomic E-state index is -0.550. The number of piperidine rings is 1. The highest BCUT2D eigenvalue weighted by Gasteiger charge is 2.31. The number of likely N-dealkylation sites (tertiary alicyclic amines) is 1. The van der Waals surface area contributed by atoms with Crippen molar-refractivity contribution in [3.63, 3.8) is 0 Å². The van der Waals surface area contributed by atoms with Gasteiger partial charge in [-0.2, -0.15) is 0 Å². The molecule has 2 aliphatic rings. The largest absolute Gasteiger partial charge is 0.389 e. The monoisotopic (exact) mass is 239 g/mol. The van der Waals surface area contributed by atoms with Gasteiger partial charge < -0.3 is 5.11 Å². The highest BCUT2D eigenvalue weighted by Crippen LogP contribution is 2.25. The van der Waals surface area contributed by atoms with E-state index in [0.29, 0.717) is 5.78 Å². The van der Waals surface area contributed by atoms with Crippen LogP contribution in [0.2, 0.25) is 0 Å². The van der Waals surface area contributed by atoms with Crippen LogP contribution in [0.15, 0.2) is 0 Å². The van der Waals surface area contributed by atoms with Crippen LogP contribution in [0.25, 0.3) is 0 Å². The SMILES string of the molecule is CC1(O)CCCN(CC2CCCCCC2=O)C1. The van der Waals surface area contributed by atoms with Crippen LogP contribution in [0.3, 0.4) is 0 Å². The van der Waals surface area contributed by atoms with E-state index < -0.39 is 5.60 Å². The summed E-state index contributed by atoms with van der Waals surface area (Å²) in [6.45, 7) is 4.56. The van der Waals surface area contributed by atoms with Gasteiger partial charge in [-0.1, -0.05) is 12.8 Å². The second-order valence-electron chi connectivity index (χ2n) is 6.10. The molecule has 2 atom stereocenters. The summed E-state index contributed by atoms with van der Waals surface area (Å²) < 4.78 is 0. The van der Waals surface area contributed by atoms with E-state index in [1.54, 1.807) is 0 Å². The second kappa shape index (κ2) is 5.49. The van der Waals surface area contributed by atoms with Crippen molar-refractivity contribution >= 4 is 5.78 Å². The molecule has 0 spiro atoms.